The van der Waals surface area contributed by atoms with Gasteiger partial charge in [0.1, 0.15) is 0 Å². The van der Waals surface area contributed by atoms with Gasteiger partial charge in [0.05, 0.1) is 5.69 Å². The van der Waals surface area contributed by atoms with Crippen molar-refractivity contribution in [1.29, 1.82) is 0 Å². The largest absolute Gasteiger partial charge is 0.258 e. The molecule has 0 spiro atoms. The van der Waals surface area contributed by atoms with Crippen LogP contribution in [0.25, 0.3) is 0 Å². The third-order valence-electron chi connectivity index (χ3n) is 3.69. The highest BCUT2D eigenvalue weighted by atomic mass is 14.7. The number of benzene rings is 1. The minimum Gasteiger partial charge on any atom is -0.258 e. The first-order valence-corrected chi connectivity index (χ1v) is 6.92. The zero-order valence-electron chi connectivity index (χ0n) is 13.0. The first-order chi connectivity index (χ1) is 8.25. The van der Waals surface area contributed by atoms with Gasteiger partial charge >= 0.3 is 0 Å². The van der Waals surface area contributed by atoms with Crippen LogP contribution >= 0.6 is 0 Å². The number of aryl methyl sites for hydroxylation is 1. The molecule has 0 fully saturated rings. The summed E-state index contributed by atoms with van der Waals surface area (Å²) in [4.78, 5) is 4.77. The highest BCUT2D eigenvalue weighted by Gasteiger charge is 2.14. The summed E-state index contributed by atoms with van der Waals surface area (Å²) >= 11 is 0. The predicted molar refractivity (Wildman–Crippen MR) is 82.1 cm³/mol. The highest BCUT2D eigenvalue weighted by molar-refractivity contribution is 5.86. The van der Waals surface area contributed by atoms with Crippen molar-refractivity contribution in [2.75, 3.05) is 0 Å². The van der Waals surface area contributed by atoms with E-state index in [0.29, 0.717) is 5.92 Å². The fourth-order valence-electron chi connectivity index (χ4n) is 1.84. The summed E-state index contributed by atoms with van der Waals surface area (Å²) in [5, 5.41) is 0. The minimum absolute atomic E-state index is 0.207. The Bertz CT molecular complexity index is 435. The minimum atomic E-state index is 0.207. The van der Waals surface area contributed by atoms with E-state index in [4.69, 9.17) is 4.99 Å². The second-order valence-corrected chi connectivity index (χ2v) is 6.31. The number of aliphatic imine (C=N–C) groups is 1. The van der Waals surface area contributed by atoms with Crippen LogP contribution in [0.3, 0.4) is 0 Å². The van der Waals surface area contributed by atoms with Gasteiger partial charge < -0.3 is 0 Å². The maximum absolute atomic E-state index is 4.77. The summed E-state index contributed by atoms with van der Waals surface area (Å²) in [6, 6.07) is 6.63. The van der Waals surface area contributed by atoms with Crippen LogP contribution < -0.4 is 0 Å². The van der Waals surface area contributed by atoms with Gasteiger partial charge in [-0.1, -0.05) is 46.8 Å². The zero-order valence-corrected chi connectivity index (χ0v) is 13.0. The smallest absolute Gasteiger partial charge is 0.0658 e. The second kappa shape index (κ2) is 5.69. The molecule has 1 rings (SSSR count). The van der Waals surface area contributed by atoms with E-state index in [2.05, 4.69) is 66.7 Å². The van der Waals surface area contributed by atoms with Gasteiger partial charge in [0.15, 0.2) is 0 Å². The molecule has 0 bridgehead atoms. The van der Waals surface area contributed by atoms with E-state index in [1.807, 2.05) is 0 Å². The molecule has 0 aliphatic carbocycles. The van der Waals surface area contributed by atoms with Crippen molar-refractivity contribution in [1.82, 2.24) is 0 Å². The van der Waals surface area contributed by atoms with Gasteiger partial charge in [0.25, 0.3) is 0 Å². The molecule has 0 aliphatic rings. The standard InChI is InChI=1S/C17H27N/c1-8-12(2)14(4)18-16-10-9-15(11-13(16)3)17(5,6)7/h9-12H,8H2,1-7H3. The Balaban J connectivity index is 3.07. The summed E-state index contributed by atoms with van der Waals surface area (Å²) in [5.74, 6) is 0.562. The number of hydrogen-bond acceptors (Lipinski definition) is 1. The molecule has 0 saturated carbocycles. The van der Waals surface area contributed by atoms with Crippen LogP contribution in [-0.2, 0) is 5.41 Å². The first-order valence-electron chi connectivity index (χ1n) is 6.92. The van der Waals surface area contributed by atoms with Crippen molar-refractivity contribution in [3.05, 3.63) is 29.3 Å². The molecule has 100 valence electrons. The summed E-state index contributed by atoms with van der Waals surface area (Å²) < 4.78 is 0. The number of nitrogens with zero attached hydrogens (tertiary/aromatic N) is 1. The van der Waals surface area contributed by atoms with Gasteiger partial charge in [0.2, 0.25) is 0 Å². The molecule has 1 nitrogen and oxygen atoms in total. The summed E-state index contributed by atoms with van der Waals surface area (Å²) in [6.07, 6.45) is 1.15. The van der Waals surface area contributed by atoms with Gasteiger partial charge in [-0.25, -0.2) is 0 Å². The van der Waals surface area contributed by atoms with Gasteiger partial charge in [-0.15, -0.1) is 0 Å². The van der Waals surface area contributed by atoms with Crippen molar-refractivity contribution in [2.24, 2.45) is 10.9 Å². The van der Waals surface area contributed by atoms with Gasteiger partial charge in [-0.3, -0.25) is 4.99 Å². The van der Waals surface area contributed by atoms with Crippen LogP contribution in [0.1, 0.15) is 59.1 Å². The third-order valence-corrected chi connectivity index (χ3v) is 3.69. The predicted octanol–water partition coefficient (Wildman–Crippen LogP) is 5.43. The molecular weight excluding hydrogens is 218 g/mol. The summed E-state index contributed by atoms with van der Waals surface area (Å²) in [6.45, 7) is 15.5. The van der Waals surface area contributed by atoms with Crippen molar-refractivity contribution in [3.63, 3.8) is 0 Å². The molecule has 0 amide bonds. The lowest BCUT2D eigenvalue weighted by molar-refractivity contribution is 0.590. The molecule has 0 heterocycles. The number of rotatable bonds is 3. The van der Waals surface area contributed by atoms with Crippen LogP contribution in [-0.4, -0.2) is 5.71 Å². The Hall–Kier alpha value is -1.11. The summed E-state index contributed by atoms with van der Waals surface area (Å²) in [7, 11) is 0. The van der Waals surface area contributed by atoms with E-state index in [0.717, 1.165) is 12.1 Å². The highest BCUT2D eigenvalue weighted by Crippen LogP contribution is 2.28. The van der Waals surface area contributed by atoms with Crippen LogP contribution in [0, 0.1) is 12.8 Å². The Labute approximate surface area is 112 Å². The Morgan fingerprint density at radius 3 is 2.33 bits per heavy atom. The maximum atomic E-state index is 4.77. The molecule has 0 radical (unpaired) electrons. The average Bonchev–Trinajstić information content (AvgIpc) is 2.29. The maximum Gasteiger partial charge on any atom is 0.0658 e. The van der Waals surface area contributed by atoms with Gasteiger partial charge in [0, 0.05) is 5.71 Å². The molecule has 1 atom stereocenters. The number of hydrogen-bond donors (Lipinski definition) is 0. The van der Waals surface area contributed by atoms with Crippen LogP contribution in [0.2, 0.25) is 0 Å². The van der Waals surface area contributed by atoms with Crippen molar-refractivity contribution < 1.29 is 0 Å². The quantitative estimate of drug-likeness (QED) is 0.629. The van der Waals surface area contributed by atoms with E-state index >= 15 is 0 Å². The molecule has 1 heteroatoms. The SMILES string of the molecule is CCC(C)C(C)=Nc1ccc(C(C)(C)C)cc1C. The lowest BCUT2D eigenvalue weighted by Gasteiger charge is -2.20. The Morgan fingerprint density at radius 1 is 1.28 bits per heavy atom. The van der Waals surface area contributed by atoms with E-state index in [-0.39, 0.29) is 5.41 Å². The molecular formula is C17H27N. The van der Waals surface area contributed by atoms with E-state index < -0.39 is 0 Å². The molecule has 0 aromatic heterocycles. The van der Waals surface area contributed by atoms with E-state index in [9.17, 15) is 0 Å². The van der Waals surface area contributed by atoms with Crippen molar-refractivity contribution in [2.45, 2.75) is 60.3 Å². The molecule has 0 saturated heterocycles. The van der Waals surface area contributed by atoms with Gasteiger partial charge in [-0.05, 0) is 48.8 Å². The van der Waals surface area contributed by atoms with Gasteiger partial charge in [-0.2, -0.15) is 0 Å². The molecule has 1 aromatic rings. The van der Waals surface area contributed by atoms with Crippen molar-refractivity contribution in [3.8, 4) is 0 Å². The molecule has 18 heavy (non-hydrogen) atoms. The van der Waals surface area contributed by atoms with Crippen molar-refractivity contribution >= 4 is 11.4 Å². The first kappa shape index (κ1) is 14.9. The fraction of sp³-hybridized carbons (Fsp3) is 0.588. The van der Waals surface area contributed by atoms with Crippen LogP contribution in [0.15, 0.2) is 23.2 Å². The average molecular weight is 245 g/mol. The van der Waals surface area contributed by atoms with E-state index in [1.165, 1.54) is 16.8 Å². The second-order valence-electron chi connectivity index (χ2n) is 6.31. The molecule has 1 aromatic carbocycles. The summed E-state index contributed by atoms with van der Waals surface area (Å²) in [5.41, 5.74) is 5.19. The lowest BCUT2D eigenvalue weighted by atomic mass is 9.86. The Kier molecular flexibility index (Phi) is 4.72. The molecule has 1 unspecified atom stereocenters. The zero-order chi connectivity index (χ0) is 13.9. The normalized spacial score (nSPS) is 14.7. The third kappa shape index (κ3) is 3.69. The topological polar surface area (TPSA) is 12.4 Å². The molecule has 0 N–H and O–H groups in total. The lowest BCUT2D eigenvalue weighted by Crippen LogP contribution is -2.11. The van der Waals surface area contributed by atoms with E-state index in [1.54, 1.807) is 0 Å². The Morgan fingerprint density at radius 2 is 1.89 bits per heavy atom. The van der Waals surface area contributed by atoms with Crippen LogP contribution in [0.4, 0.5) is 5.69 Å². The fourth-order valence-corrected chi connectivity index (χ4v) is 1.84. The molecule has 0 aliphatic heterocycles. The monoisotopic (exact) mass is 245 g/mol. The van der Waals surface area contributed by atoms with Crippen LogP contribution in [0.5, 0.6) is 0 Å².